The van der Waals surface area contributed by atoms with Gasteiger partial charge in [-0.2, -0.15) is 5.10 Å². The van der Waals surface area contributed by atoms with Gasteiger partial charge in [0.2, 0.25) is 0 Å². The van der Waals surface area contributed by atoms with Crippen molar-refractivity contribution in [2.45, 2.75) is 32.7 Å². The summed E-state index contributed by atoms with van der Waals surface area (Å²) >= 11 is 0. The lowest BCUT2D eigenvalue weighted by Gasteiger charge is -2.24. The van der Waals surface area contributed by atoms with Crippen LogP contribution in [0.3, 0.4) is 0 Å². The molecule has 1 atom stereocenters. The summed E-state index contributed by atoms with van der Waals surface area (Å²) in [6.45, 7) is 4.06. The lowest BCUT2D eigenvalue weighted by Crippen LogP contribution is -2.41. The van der Waals surface area contributed by atoms with E-state index in [1.165, 1.54) is 17.1 Å². The van der Waals surface area contributed by atoms with E-state index in [0.29, 0.717) is 35.6 Å². The number of nitrogens with two attached hydrogens (primary N) is 1. The van der Waals surface area contributed by atoms with E-state index in [1.807, 2.05) is 30.3 Å². The predicted molar refractivity (Wildman–Crippen MR) is 108 cm³/mol. The van der Waals surface area contributed by atoms with Gasteiger partial charge in [0, 0.05) is 12.7 Å². The summed E-state index contributed by atoms with van der Waals surface area (Å²) < 4.78 is 1.53. The van der Waals surface area contributed by atoms with Crippen LogP contribution in [0.5, 0.6) is 0 Å². The van der Waals surface area contributed by atoms with Gasteiger partial charge in [-0.15, -0.1) is 0 Å². The Hall–Kier alpha value is -3.55. The minimum Gasteiger partial charge on any atom is -0.383 e. The average molecular weight is 390 g/mol. The topological polar surface area (TPSA) is 107 Å². The molecule has 4 rings (SSSR count). The molecule has 1 amide bonds. The Labute approximate surface area is 168 Å². The summed E-state index contributed by atoms with van der Waals surface area (Å²) in [5.41, 5.74) is 8.36. The molecule has 0 spiro atoms. The highest BCUT2D eigenvalue weighted by molar-refractivity contribution is 6.07. The molecule has 29 heavy (non-hydrogen) atoms. The maximum absolute atomic E-state index is 13.2. The predicted octanol–water partition coefficient (Wildman–Crippen LogP) is 2.35. The quantitative estimate of drug-likeness (QED) is 0.685. The third-order valence-electron chi connectivity index (χ3n) is 5.22. The number of nitrogen functional groups attached to an aromatic ring is 1. The van der Waals surface area contributed by atoms with Crippen molar-refractivity contribution in [3.63, 3.8) is 0 Å². The lowest BCUT2D eigenvalue weighted by molar-refractivity contribution is 0.0670. The number of ketones is 1. The first-order chi connectivity index (χ1) is 14.0. The van der Waals surface area contributed by atoms with Crippen LogP contribution in [0.25, 0.3) is 5.69 Å². The van der Waals surface area contributed by atoms with Crippen molar-refractivity contribution >= 4 is 17.5 Å². The summed E-state index contributed by atoms with van der Waals surface area (Å²) in [4.78, 5) is 36.3. The fraction of sp³-hybridized carbons (Fsp3) is 0.286. The van der Waals surface area contributed by atoms with E-state index in [-0.39, 0.29) is 17.5 Å². The summed E-state index contributed by atoms with van der Waals surface area (Å²) in [5, 5.41) is 4.28. The first-order valence-electron chi connectivity index (χ1n) is 9.51. The van der Waals surface area contributed by atoms with Crippen LogP contribution in [0.4, 0.5) is 5.82 Å². The Kier molecular flexibility index (Phi) is 4.84. The molecule has 8 nitrogen and oxygen atoms in total. The smallest absolute Gasteiger partial charge is 0.257 e. The molecule has 1 saturated heterocycles. The van der Waals surface area contributed by atoms with Crippen molar-refractivity contribution in [1.82, 2.24) is 24.6 Å². The maximum Gasteiger partial charge on any atom is 0.257 e. The van der Waals surface area contributed by atoms with Gasteiger partial charge in [0.1, 0.15) is 11.6 Å². The Morgan fingerprint density at radius 2 is 1.86 bits per heavy atom. The SMILES string of the molecule is Cc1ncc(C(=O)N2CCCC2C(=O)c2cnn(-c3ccccc3)c2N)c(C)n1. The van der Waals surface area contributed by atoms with Crippen LogP contribution in [-0.2, 0) is 0 Å². The molecular weight excluding hydrogens is 368 g/mol. The van der Waals surface area contributed by atoms with Crippen molar-refractivity contribution in [2.75, 3.05) is 12.3 Å². The van der Waals surface area contributed by atoms with Crippen molar-refractivity contribution in [3.8, 4) is 5.69 Å². The molecule has 8 heteroatoms. The maximum atomic E-state index is 13.2. The summed E-state index contributed by atoms with van der Waals surface area (Å²) in [6, 6.07) is 8.81. The molecule has 1 aromatic carbocycles. The van der Waals surface area contributed by atoms with E-state index >= 15 is 0 Å². The Morgan fingerprint density at radius 1 is 1.10 bits per heavy atom. The Morgan fingerprint density at radius 3 is 2.59 bits per heavy atom. The molecule has 1 aliphatic rings. The van der Waals surface area contributed by atoms with E-state index in [0.717, 1.165) is 12.1 Å². The van der Waals surface area contributed by atoms with Crippen LogP contribution in [-0.4, -0.2) is 48.9 Å². The molecule has 3 heterocycles. The minimum absolute atomic E-state index is 0.193. The zero-order valence-corrected chi connectivity index (χ0v) is 16.4. The van der Waals surface area contributed by atoms with Crippen LogP contribution in [0.15, 0.2) is 42.7 Å². The summed E-state index contributed by atoms with van der Waals surface area (Å²) in [7, 11) is 0. The molecule has 148 valence electrons. The van der Waals surface area contributed by atoms with Crippen molar-refractivity contribution in [1.29, 1.82) is 0 Å². The van der Waals surface area contributed by atoms with Crippen LogP contribution in [0, 0.1) is 13.8 Å². The van der Waals surface area contributed by atoms with Crippen LogP contribution < -0.4 is 5.73 Å². The molecule has 1 fully saturated rings. The van der Waals surface area contributed by atoms with Gasteiger partial charge in [0.05, 0.1) is 34.7 Å². The lowest BCUT2D eigenvalue weighted by atomic mass is 10.0. The monoisotopic (exact) mass is 390 g/mol. The summed E-state index contributed by atoms with van der Waals surface area (Å²) in [5.74, 6) is 0.457. The molecule has 2 N–H and O–H groups in total. The molecule has 1 aliphatic heterocycles. The minimum atomic E-state index is -0.570. The number of Topliss-reactive ketones (excluding diaryl/α,β-unsaturated/α-hetero) is 1. The molecule has 1 unspecified atom stereocenters. The number of amides is 1. The van der Waals surface area contributed by atoms with Crippen molar-refractivity contribution in [2.24, 2.45) is 0 Å². The number of aromatic nitrogens is 4. The van der Waals surface area contributed by atoms with Gasteiger partial charge in [-0.25, -0.2) is 14.6 Å². The third kappa shape index (κ3) is 3.37. The van der Waals surface area contributed by atoms with E-state index in [4.69, 9.17) is 5.73 Å². The molecule has 0 saturated carbocycles. The molecule has 2 aromatic heterocycles. The number of carbonyl (C=O) groups excluding carboxylic acids is 2. The van der Waals surface area contributed by atoms with E-state index in [9.17, 15) is 9.59 Å². The molecule has 0 aliphatic carbocycles. The van der Waals surface area contributed by atoms with E-state index < -0.39 is 6.04 Å². The van der Waals surface area contributed by atoms with Crippen molar-refractivity contribution < 1.29 is 9.59 Å². The number of hydrogen-bond donors (Lipinski definition) is 1. The molecule has 3 aromatic rings. The van der Waals surface area contributed by atoms with Crippen molar-refractivity contribution in [3.05, 3.63) is 65.4 Å². The van der Waals surface area contributed by atoms with E-state index in [1.54, 1.807) is 18.7 Å². The van der Waals surface area contributed by atoms with Gasteiger partial charge in [-0.05, 0) is 38.8 Å². The highest BCUT2D eigenvalue weighted by Crippen LogP contribution is 2.27. The number of carbonyl (C=O) groups is 2. The second kappa shape index (κ2) is 7.46. The molecule has 0 bridgehead atoms. The summed E-state index contributed by atoms with van der Waals surface area (Å²) in [6.07, 6.45) is 4.35. The van der Waals surface area contributed by atoms with Gasteiger partial charge in [-0.3, -0.25) is 9.59 Å². The fourth-order valence-corrected chi connectivity index (χ4v) is 3.73. The van der Waals surface area contributed by atoms with Crippen LogP contribution in [0.1, 0.15) is 45.1 Å². The number of anilines is 1. The van der Waals surface area contributed by atoms with Gasteiger partial charge < -0.3 is 10.6 Å². The van der Waals surface area contributed by atoms with Crippen LogP contribution >= 0.6 is 0 Å². The Bertz CT molecular complexity index is 1080. The molecule has 0 radical (unpaired) electrons. The largest absolute Gasteiger partial charge is 0.383 e. The van der Waals surface area contributed by atoms with Gasteiger partial charge in [-0.1, -0.05) is 18.2 Å². The third-order valence-corrected chi connectivity index (χ3v) is 5.22. The second-order valence-corrected chi connectivity index (χ2v) is 7.13. The first-order valence-corrected chi connectivity index (χ1v) is 9.51. The fourth-order valence-electron chi connectivity index (χ4n) is 3.73. The first kappa shape index (κ1) is 18.8. The number of rotatable bonds is 4. The van der Waals surface area contributed by atoms with Gasteiger partial charge in [0.25, 0.3) is 5.91 Å². The number of aryl methyl sites for hydroxylation is 2. The standard InChI is InChI=1S/C21H22N6O2/c1-13-16(11-23-14(2)25-13)21(29)26-10-6-9-18(26)19(28)17-12-24-27(20(17)22)15-7-4-3-5-8-15/h3-5,7-8,11-12,18H,6,9-10,22H2,1-2H3. The zero-order valence-electron chi connectivity index (χ0n) is 16.4. The number of likely N-dealkylation sites (tertiary alicyclic amines) is 1. The second-order valence-electron chi connectivity index (χ2n) is 7.13. The highest BCUT2D eigenvalue weighted by atomic mass is 16.2. The number of nitrogens with zero attached hydrogens (tertiary/aromatic N) is 5. The van der Waals surface area contributed by atoms with Gasteiger partial charge >= 0.3 is 0 Å². The normalized spacial score (nSPS) is 16.2. The van der Waals surface area contributed by atoms with E-state index in [2.05, 4.69) is 15.1 Å². The van der Waals surface area contributed by atoms with Crippen LogP contribution in [0.2, 0.25) is 0 Å². The number of hydrogen-bond acceptors (Lipinski definition) is 6. The number of benzene rings is 1. The highest BCUT2D eigenvalue weighted by Gasteiger charge is 2.37. The molecular formula is C21H22N6O2. The Balaban J connectivity index is 1.62. The zero-order chi connectivity index (χ0) is 20.5. The average Bonchev–Trinajstić information content (AvgIpc) is 3.35. The van der Waals surface area contributed by atoms with Gasteiger partial charge in [0.15, 0.2) is 5.78 Å². The number of para-hydroxylation sites is 1.